The van der Waals surface area contributed by atoms with Crippen LogP contribution in [0.2, 0.25) is 0 Å². The van der Waals surface area contributed by atoms with Crippen molar-refractivity contribution in [2.75, 3.05) is 26.2 Å². The molecular weight excluding hydrogens is 318 g/mol. The van der Waals surface area contributed by atoms with Crippen LogP contribution in [0.3, 0.4) is 0 Å². The summed E-state index contributed by atoms with van der Waals surface area (Å²) in [5.74, 6) is 0.605. The Morgan fingerprint density at radius 2 is 1.83 bits per heavy atom. The van der Waals surface area contributed by atoms with Gasteiger partial charge in [-0.25, -0.2) is 0 Å². The Hall–Kier alpha value is -1.42. The summed E-state index contributed by atoms with van der Waals surface area (Å²) in [6.45, 7) is 8.81. The molecule has 4 heteroatoms. The van der Waals surface area contributed by atoms with E-state index in [1.807, 2.05) is 12.4 Å². The number of hydrogen-bond acceptors (Lipinski definition) is 3. The van der Waals surface area contributed by atoms with E-state index in [0.717, 1.165) is 32.6 Å². The highest BCUT2D eigenvalue weighted by atomic mass is 35.5. The lowest BCUT2D eigenvalue weighted by Gasteiger charge is -2.36. The van der Waals surface area contributed by atoms with Crippen molar-refractivity contribution in [2.24, 2.45) is 0 Å². The average molecular weight is 346 g/mol. The fourth-order valence-electron chi connectivity index (χ4n) is 3.27. The van der Waals surface area contributed by atoms with E-state index in [4.69, 9.17) is 0 Å². The zero-order chi connectivity index (χ0) is 16.1. The molecule has 130 valence electrons. The van der Waals surface area contributed by atoms with Crippen LogP contribution in [0, 0.1) is 0 Å². The van der Waals surface area contributed by atoms with E-state index >= 15 is 0 Å². The van der Waals surface area contributed by atoms with Crippen LogP contribution in [0.15, 0.2) is 48.8 Å². The third-order valence-electron chi connectivity index (χ3n) is 4.78. The van der Waals surface area contributed by atoms with Crippen molar-refractivity contribution < 1.29 is 0 Å². The molecule has 1 aliphatic heterocycles. The van der Waals surface area contributed by atoms with Gasteiger partial charge >= 0.3 is 0 Å². The molecule has 3 nitrogen and oxygen atoms in total. The Bertz CT molecular complexity index is 598. The molecule has 2 aromatic rings. The predicted molar refractivity (Wildman–Crippen MR) is 103 cm³/mol. The summed E-state index contributed by atoms with van der Waals surface area (Å²) in [6, 6.07) is 13.9. The molecule has 1 N–H and O–H groups in total. The van der Waals surface area contributed by atoms with Crippen molar-refractivity contribution in [1.29, 1.82) is 0 Å². The summed E-state index contributed by atoms with van der Waals surface area (Å²) in [7, 11) is 0. The van der Waals surface area contributed by atoms with Crippen LogP contribution in [0.4, 0.5) is 0 Å². The van der Waals surface area contributed by atoms with Crippen LogP contribution in [-0.4, -0.2) is 36.1 Å². The van der Waals surface area contributed by atoms with E-state index < -0.39 is 0 Å². The standard InChI is InChI=1S/C20H27N3.ClH/c1-16(2)18-5-3-17(4-6-18)9-13-23-14-12-22-15-20(23)19-7-10-21-11-8-19;/h3-8,10-11,16,20,22H,9,12-15H2,1-2H3;1H. The van der Waals surface area contributed by atoms with E-state index in [2.05, 4.69) is 65.4 Å². The lowest BCUT2D eigenvalue weighted by molar-refractivity contribution is 0.164. The minimum atomic E-state index is 0. The molecule has 1 unspecified atom stereocenters. The number of nitrogens with zero attached hydrogens (tertiary/aromatic N) is 2. The fraction of sp³-hybridized carbons (Fsp3) is 0.450. The van der Waals surface area contributed by atoms with E-state index in [9.17, 15) is 0 Å². The maximum absolute atomic E-state index is 4.14. The van der Waals surface area contributed by atoms with Crippen molar-refractivity contribution in [2.45, 2.75) is 32.2 Å². The van der Waals surface area contributed by atoms with Crippen molar-refractivity contribution in [3.8, 4) is 0 Å². The van der Waals surface area contributed by atoms with Crippen LogP contribution in [-0.2, 0) is 6.42 Å². The molecule has 0 bridgehead atoms. The summed E-state index contributed by atoms with van der Waals surface area (Å²) < 4.78 is 0. The number of piperazine rings is 1. The van der Waals surface area contributed by atoms with Gasteiger partial charge in [-0.1, -0.05) is 38.1 Å². The molecule has 1 atom stereocenters. The number of halogens is 1. The monoisotopic (exact) mass is 345 g/mol. The first kappa shape index (κ1) is 18.9. The molecular formula is C20H28ClN3. The molecule has 0 saturated carbocycles. The highest BCUT2D eigenvalue weighted by Gasteiger charge is 2.23. The van der Waals surface area contributed by atoms with Crippen LogP contribution in [0.25, 0.3) is 0 Å². The summed E-state index contributed by atoms with van der Waals surface area (Å²) >= 11 is 0. The number of hydrogen-bond donors (Lipinski definition) is 1. The second-order valence-electron chi connectivity index (χ2n) is 6.68. The van der Waals surface area contributed by atoms with Gasteiger partial charge in [-0.15, -0.1) is 12.4 Å². The number of benzene rings is 1. The maximum Gasteiger partial charge on any atom is 0.0474 e. The minimum Gasteiger partial charge on any atom is -0.314 e. The maximum atomic E-state index is 4.14. The first-order valence-corrected chi connectivity index (χ1v) is 8.67. The van der Waals surface area contributed by atoms with Gasteiger partial charge in [-0.3, -0.25) is 9.88 Å². The fourth-order valence-corrected chi connectivity index (χ4v) is 3.27. The molecule has 1 aromatic heterocycles. The molecule has 0 amide bonds. The van der Waals surface area contributed by atoms with Gasteiger partial charge in [0.1, 0.15) is 0 Å². The van der Waals surface area contributed by atoms with Crippen molar-refractivity contribution >= 4 is 12.4 Å². The van der Waals surface area contributed by atoms with Crippen LogP contribution < -0.4 is 5.32 Å². The van der Waals surface area contributed by atoms with E-state index in [-0.39, 0.29) is 12.4 Å². The number of rotatable bonds is 5. The van der Waals surface area contributed by atoms with Gasteiger partial charge in [-0.2, -0.15) is 0 Å². The van der Waals surface area contributed by atoms with Gasteiger partial charge in [-0.05, 0) is 41.2 Å². The first-order valence-electron chi connectivity index (χ1n) is 8.67. The summed E-state index contributed by atoms with van der Waals surface area (Å²) in [5.41, 5.74) is 4.22. The summed E-state index contributed by atoms with van der Waals surface area (Å²) in [5, 5.41) is 3.52. The number of aromatic nitrogens is 1. The molecule has 0 spiro atoms. The SMILES string of the molecule is CC(C)c1ccc(CCN2CCNCC2c2ccncc2)cc1.Cl. The predicted octanol–water partition coefficient (Wildman–Crippen LogP) is 3.82. The lowest BCUT2D eigenvalue weighted by Crippen LogP contribution is -2.46. The van der Waals surface area contributed by atoms with Gasteiger partial charge in [0.15, 0.2) is 0 Å². The molecule has 0 aliphatic carbocycles. The van der Waals surface area contributed by atoms with E-state index in [1.54, 1.807) is 0 Å². The second kappa shape index (κ2) is 9.16. The highest BCUT2D eigenvalue weighted by molar-refractivity contribution is 5.85. The van der Waals surface area contributed by atoms with Gasteiger partial charge in [0.25, 0.3) is 0 Å². The van der Waals surface area contributed by atoms with Gasteiger partial charge in [0, 0.05) is 44.6 Å². The van der Waals surface area contributed by atoms with Crippen LogP contribution in [0.1, 0.15) is 42.5 Å². The first-order chi connectivity index (χ1) is 11.2. The van der Waals surface area contributed by atoms with Crippen LogP contribution >= 0.6 is 12.4 Å². The van der Waals surface area contributed by atoms with E-state index in [0.29, 0.717) is 12.0 Å². The van der Waals surface area contributed by atoms with Crippen molar-refractivity contribution in [3.63, 3.8) is 0 Å². The smallest absolute Gasteiger partial charge is 0.0474 e. The van der Waals surface area contributed by atoms with E-state index in [1.165, 1.54) is 16.7 Å². The minimum absolute atomic E-state index is 0. The Kier molecular flexibility index (Phi) is 7.22. The molecule has 3 rings (SSSR count). The molecule has 0 radical (unpaired) electrons. The normalized spacial score (nSPS) is 18.4. The van der Waals surface area contributed by atoms with Gasteiger partial charge in [0.2, 0.25) is 0 Å². The van der Waals surface area contributed by atoms with Gasteiger partial charge in [0.05, 0.1) is 0 Å². The zero-order valence-electron chi connectivity index (χ0n) is 14.6. The molecule has 24 heavy (non-hydrogen) atoms. The lowest BCUT2D eigenvalue weighted by atomic mass is 10.00. The van der Waals surface area contributed by atoms with Crippen LogP contribution in [0.5, 0.6) is 0 Å². The number of nitrogens with one attached hydrogen (secondary N) is 1. The third kappa shape index (κ3) is 4.79. The summed E-state index contributed by atoms with van der Waals surface area (Å²) in [6.07, 6.45) is 4.90. The Morgan fingerprint density at radius 1 is 1.12 bits per heavy atom. The van der Waals surface area contributed by atoms with Crippen molar-refractivity contribution in [1.82, 2.24) is 15.2 Å². The Morgan fingerprint density at radius 3 is 2.50 bits per heavy atom. The molecule has 1 aliphatic rings. The molecule has 1 fully saturated rings. The Balaban J connectivity index is 0.00000208. The van der Waals surface area contributed by atoms with Gasteiger partial charge < -0.3 is 5.32 Å². The zero-order valence-corrected chi connectivity index (χ0v) is 15.4. The topological polar surface area (TPSA) is 28.2 Å². The molecule has 1 saturated heterocycles. The van der Waals surface area contributed by atoms with Crippen molar-refractivity contribution in [3.05, 3.63) is 65.5 Å². The molecule has 2 heterocycles. The molecule has 1 aromatic carbocycles. The summed E-state index contributed by atoms with van der Waals surface area (Å²) in [4.78, 5) is 6.74. The third-order valence-corrected chi connectivity index (χ3v) is 4.78. The largest absolute Gasteiger partial charge is 0.314 e. The second-order valence-corrected chi connectivity index (χ2v) is 6.68. The average Bonchev–Trinajstić information content (AvgIpc) is 2.61. The quantitative estimate of drug-likeness (QED) is 0.893. The highest BCUT2D eigenvalue weighted by Crippen LogP contribution is 2.22. The number of pyridine rings is 1. The Labute approximate surface area is 151 Å².